The number of nitrogens with one attached hydrogen (secondary N) is 2. The van der Waals surface area contributed by atoms with Crippen molar-refractivity contribution in [2.75, 3.05) is 19.6 Å². The van der Waals surface area contributed by atoms with Gasteiger partial charge in [0.2, 0.25) is 0 Å². The molecule has 2 N–H and O–H groups in total. The van der Waals surface area contributed by atoms with Crippen molar-refractivity contribution in [1.29, 1.82) is 0 Å². The molecule has 0 bridgehead atoms. The molecule has 1 aromatic heterocycles. The van der Waals surface area contributed by atoms with Crippen molar-refractivity contribution >= 4 is 5.91 Å². The van der Waals surface area contributed by atoms with Crippen LogP contribution in [-0.2, 0) is 0 Å². The van der Waals surface area contributed by atoms with Gasteiger partial charge in [-0.15, -0.1) is 0 Å². The van der Waals surface area contributed by atoms with Crippen molar-refractivity contribution in [1.82, 2.24) is 15.2 Å². The lowest BCUT2D eigenvalue weighted by Crippen LogP contribution is -2.43. The Morgan fingerprint density at radius 1 is 1.56 bits per heavy atom. The second-order valence-electron chi connectivity index (χ2n) is 5.48. The molecule has 1 saturated heterocycles. The summed E-state index contributed by atoms with van der Waals surface area (Å²) in [5, 5.41) is 3.46. The number of aromatic amines is 1. The first-order chi connectivity index (χ1) is 8.66. The maximum absolute atomic E-state index is 12.4. The third-order valence-electron chi connectivity index (χ3n) is 3.30. The first-order valence-electron chi connectivity index (χ1n) is 6.83. The summed E-state index contributed by atoms with van der Waals surface area (Å²) in [6.07, 6.45) is 4.19. The quantitative estimate of drug-likeness (QED) is 0.837. The smallest absolute Gasteiger partial charge is 0.270 e. The molecule has 0 spiro atoms. The lowest BCUT2D eigenvalue weighted by atomic mass is 10.1. The Morgan fingerprint density at radius 3 is 2.94 bits per heavy atom. The van der Waals surface area contributed by atoms with Crippen molar-refractivity contribution in [3.8, 4) is 0 Å². The van der Waals surface area contributed by atoms with E-state index in [0.29, 0.717) is 17.7 Å². The van der Waals surface area contributed by atoms with E-state index in [2.05, 4.69) is 24.1 Å². The molecule has 0 radical (unpaired) electrons. The minimum absolute atomic E-state index is 0.113. The van der Waals surface area contributed by atoms with Gasteiger partial charge in [0.25, 0.3) is 5.91 Å². The summed E-state index contributed by atoms with van der Waals surface area (Å²) in [7, 11) is 0. The van der Waals surface area contributed by atoms with Gasteiger partial charge in [0.1, 0.15) is 5.69 Å². The molecule has 1 amide bonds. The molecule has 18 heavy (non-hydrogen) atoms. The fourth-order valence-electron chi connectivity index (χ4n) is 2.49. The van der Waals surface area contributed by atoms with E-state index in [4.69, 9.17) is 0 Å². The minimum atomic E-state index is 0.113. The zero-order chi connectivity index (χ0) is 13.0. The van der Waals surface area contributed by atoms with Crippen molar-refractivity contribution in [3.05, 3.63) is 24.0 Å². The Hall–Kier alpha value is -1.29. The van der Waals surface area contributed by atoms with E-state index in [1.54, 1.807) is 6.20 Å². The lowest BCUT2D eigenvalue weighted by Gasteiger charge is -2.27. The van der Waals surface area contributed by atoms with Crippen molar-refractivity contribution < 1.29 is 4.79 Å². The predicted molar refractivity (Wildman–Crippen MR) is 72.6 cm³/mol. The molecule has 1 atom stereocenters. The van der Waals surface area contributed by atoms with E-state index in [9.17, 15) is 4.79 Å². The van der Waals surface area contributed by atoms with Crippen LogP contribution in [0.3, 0.4) is 0 Å². The average molecular weight is 249 g/mol. The third kappa shape index (κ3) is 3.35. The van der Waals surface area contributed by atoms with Gasteiger partial charge in [-0.25, -0.2) is 0 Å². The normalized spacial score (nSPS) is 19.4. The molecule has 1 aliphatic heterocycles. The SMILES string of the molecule is CC(C)CN(CC1CCCN1)C(=O)c1ccc[nH]1. The first-order valence-corrected chi connectivity index (χ1v) is 6.83. The van der Waals surface area contributed by atoms with Gasteiger partial charge in [-0.2, -0.15) is 0 Å². The summed E-state index contributed by atoms with van der Waals surface area (Å²) < 4.78 is 0. The highest BCUT2D eigenvalue weighted by atomic mass is 16.2. The summed E-state index contributed by atoms with van der Waals surface area (Å²) >= 11 is 0. The standard InChI is InChI=1S/C14H23N3O/c1-11(2)9-17(10-12-5-3-7-15-12)14(18)13-6-4-8-16-13/h4,6,8,11-12,15-16H,3,5,7,9-10H2,1-2H3. The second kappa shape index (κ2) is 6.05. The number of nitrogens with zero attached hydrogens (tertiary/aromatic N) is 1. The molecule has 1 aliphatic rings. The van der Waals surface area contributed by atoms with Gasteiger partial charge in [0, 0.05) is 25.3 Å². The topological polar surface area (TPSA) is 48.1 Å². The van der Waals surface area contributed by atoms with Gasteiger partial charge in [-0.05, 0) is 37.4 Å². The third-order valence-corrected chi connectivity index (χ3v) is 3.30. The Kier molecular flexibility index (Phi) is 4.42. The number of hydrogen-bond donors (Lipinski definition) is 2. The number of rotatable bonds is 5. The minimum Gasteiger partial charge on any atom is -0.357 e. The van der Waals surface area contributed by atoms with E-state index >= 15 is 0 Å². The molecule has 2 heterocycles. The number of carbonyl (C=O) groups excluding carboxylic acids is 1. The van der Waals surface area contributed by atoms with Crippen LogP contribution in [0.25, 0.3) is 0 Å². The molecule has 0 aliphatic carbocycles. The Labute approximate surface area is 109 Å². The van der Waals surface area contributed by atoms with Gasteiger partial charge in [0.05, 0.1) is 0 Å². The number of aromatic nitrogens is 1. The van der Waals surface area contributed by atoms with Crippen LogP contribution in [0.2, 0.25) is 0 Å². The molecular formula is C14H23N3O. The van der Waals surface area contributed by atoms with E-state index in [1.165, 1.54) is 12.8 Å². The Morgan fingerprint density at radius 2 is 2.39 bits per heavy atom. The second-order valence-corrected chi connectivity index (χ2v) is 5.48. The van der Waals surface area contributed by atoms with Crippen LogP contribution in [0.5, 0.6) is 0 Å². The number of hydrogen-bond acceptors (Lipinski definition) is 2. The molecule has 0 aromatic carbocycles. The van der Waals surface area contributed by atoms with Gasteiger partial charge >= 0.3 is 0 Å². The molecule has 4 nitrogen and oxygen atoms in total. The number of carbonyl (C=O) groups is 1. The highest BCUT2D eigenvalue weighted by Crippen LogP contribution is 2.11. The Bertz CT molecular complexity index is 366. The highest BCUT2D eigenvalue weighted by Gasteiger charge is 2.23. The molecule has 1 fully saturated rings. The fourth-order valence-corrected chi connectivity index (χ4v) is 2.49. The largest absolute Gasteiger partial charge is 0.357 e. The van der Waals surface area contributed by atoms with Crippen molar-refractivity contribution in [2.24, 2.45) is 5.92 Å². The van der Waals surface area contributed by atoms with Gasteiger partial charge in [-0.3, -0.25) is 4.79 Å². The Balaban J connectivity index is 2.01. The maximum atomic E-state index is 12.4. The van der Waals surface area contributed by atoms with E-state index < -0.39 is 0 Å². The van der Waals surface area contributed by atoms with E-state index in [1.807, 2.05) is 17.0 Å². The highest BCUT2D eigenvalue weighted by molar-refractivity contribution is 5.92. The van der Waals surface area contributed by atoms with Crippen LogP contribution >= 0.6 is 0 Å². The summed E-state index contributed by atoms with van der Waals surface area (Å²) in [5.74, 6) is 0.604. The maximum Gasteiger partial charge on any atom is 0.270 e. The van der Waals surface area contributed by atoms with Crippen LogP contribution < -0.4 is 5.32 Å². The fraction of sp³-hybridized carbons (Fsp3) is 0.643. The summed E-state index contributed by atoms with van der Waals surface area (Å²) in [5.41, 5.74) is 0.689. The van der Waals surface area contributed by atoms with Crippen LogP contribution in [0.15, 0.2) is 18.3 Å². The number of H-pyrrole nitrogens is 1. The van der Waals surface area contributed by atoms with Gasteiger partial charge in [0.15, 0.2) is 0 Å². The zero-order valence-corrected chi connectivity index (χ0v) is 11.3. The summed E-state index contributed by atoms with van der Waals surface area (Å²) in [4.78, 5) is 17.4. The molecule has 1 aromatic rings. The summed E-state index contributed by atoms with van der Waals surface area (Å²) in [6, 6.07) is 4.18. The van der Waals surface area contributed by atoms with E-state index in [0.717, 1.165) is 19.6 Å². The van der Waals surface area contributed by atoms with Crippen molar-refractivity contribution in [2.45, 2.75) is 32.7 Å². The van der Waals surface area contributed by atoms with Gasteiger partial charge < -0.3 is 15.2 Å². The van der Waals surface area contributed by atoms with Crippen LogP contribution in [0.1, 0.15) is 37.2 Å². The van der Waals surface area contributed by atoms with E-state index in [-0.39, 0.29) is 5.91 Å². The van der Waals surface area contributed by atoms with Crippen LogP contribution in [0, 0.1) is 5.92 Å². The molecule has 0 saturated carbocycles. The first kappa shape index (κ1) is 13.1. The monoisotopic (exact) mass is 249 g/mol. The number of amides is 1. The predicted octanol–water partition coefficient (Wildman–Crippen LogP) is 1.86. The van der Waals surface area contributed by atoms with Gasteiger partial charge in [-0.1, -0.05) is 13.8 Å². The summed E-state index contributed by atoms with van der Waals surface area (Å²) in [6.45, 7) is 7.01. The van der Waals surface area contributed by atoms with Crippen molar-refractivity contribution in [3.63, 3.8) is 0 Å². The zero-order valence-electron chi connectivity index (χ0n) is 11.3. The van der Waals surface area contributed by atoms with Crippen LogP contribution in [-0.4, -0.2) is 41.5 Å². The van der Waals surface area contributed by atoms with Crippen LogP contribution in [0.4, 0.5) is 0 Å². The molecule has 1 unspecified atom stereocenters. The molecule has 4 heteroatoms. The average Bonchev–Trinajstić information content (AvgIpc) is 2.99. The molecule has 100 valence electrons. The molecule has 2 rings (SSSR count). The molecular weight excluding hydrogens is 226 g/mol. The lowest BCUT2D eigenvalue weighted by molar-refractivity contribution is 0.0716.